The predicted molar refractivity (Wildman–Crippen MR) is 170 cm³/mol. The van der Waals surface area contributed by atoms with Crippen LogP contribution in [0.4, 0.5) is 5.69 Å². The summed E-state index contributed by atoms with van der Waals surface area (Å²) in [5, 5.41) is 3.40. The highest BCUT2D eigenvalue weighted by atomic mass is 35.5. The lowest BCUT2D eigenvalue weighted by Crippen LogP contribution is -2.52. The van der Waals surface area contributed by atoms with Crippen LogP contribution in [-0.4, -0.2) is 44.3 Å². The zero-order valence-electron chi connectivity index (χ0n) is 25.1. The van der Waals surface area contributed by atoms with E-state index in [2.05, 4.69) is 19.2 Å². The van der Waals surface area contributed by atoms with Gasteiger partial charge in [-0.2, -0.15) is 0 Å². The fraction of sp³-hybridized carbons (Fsp3) is 0.394. The molecule has 3 aromatic rings. The number of carbonyl (C=O) groups is 2. The van der Waals surface area contributed by atoms with E-state index in [-0.39, 0.29) is 23.3 Å². The smallest absolute Gasteiger partial charge is 0.264 e. The lowest BCUT2D eigenvalue weighted by atomic mass is 10.0. The molecule has 0 aliphatic heterocycles. The minimum atomic E-state index is -4.12. The molecular formula is C33H42ClN3O4S. The number of benzene rings is 3. The summed E-state index contributed by atoms with van der Waals surface area (Å²) in [4.78, 5) is 29.0. The lowest BCUT2D eigenvalue weighted by Gasteiger charge is -2.33. The van der Waals surface area contributed by atoms with E-state index in [1.807, 2.05) is 39.0 Å². The molecule has 0 radical (unpaired) electrons. The molecule has 0 fully saturated rings. The molecule has 0 unspecified atom stereocenters. The molecule has 0 spiro atoms. The van der Waals surface area contributed by atoms with E-state index in [1.54, 1.807) is 54.6 Å². The van der Waals surface area contributed by atoms with Crippen LogP contribution in [0.1, 0.15) is 69.6 Å². The number of sulfonamides is 1. The van der Waals surface area contributed by atoms with Crippen LogP contribution in [0.5, 0.6) is 0 Å². The summed E-state index contributed by atoms with van der Waals surface area (Å²) in [6.45, 7) is 9.94. The number of hydrogen-bond acceptors (Lipinski definition) is 4. The molecule has 0 aliphatic rings. The second kappa shape index (κ2) is 15.2. The van der Waals surface area contributed by atoms with Crippen molar-refractivity contribution in [2.24, 2.45) is 0 Å². The van der Waals surface area contributed by atoms with E-state index in [9.17, 15) is 18.0 Å². The summed E-state index contributed by atoms with van der Waals surface area (Å²) in [5.41, 5.74) is 3.00. The van der Waals surface area contributed by atoms with Crippen molar-refractivity contribution < 1.29 is 18.0 Å². The maximum absolute atomic E-state index is 14.2. The van der Waals surface area contributed by atoms with E-state index >= 15 is 0 Å². The molecule has 2 amide bonds. The predicted octanol–water partition coefficient (Wildman–Crippen LogP) is 6.69. The summed E-state index contributed by atoms with van der Waals surface area (Å²) in [7, 11) is -4.12. The molecule has 0 saturated heterocycles. The molecule has 1 atom stereocenters. The number of aryl methyl sites for hydroxylation is 1. The third-order valence-electron chi connectivity index (χ3n) is 7.25. The standard InChI is InChI=1S/C33H42ClN3O4S/c1-6-8-21-35-33(39)31(7-2)36(22-27-11-9-10-12-30(27)34)32(38)23-37(28-17-15-26(16-18-28)24(3)4)42(40,41)29-19-13-25(5)14-20-29/h9-20,24,31H,6-8,21-23H2,1-5H3,(H,35,39)/t31-/m0/s1. The Labute approximate surface area is 255 Å². The molecular weight excluding hydrogens is 570 g/mol. The average molecular weight is 612 g/mol. The Bertz CT molecular complexity index is 1440. The van der Waals surface area contributed by atoms with Crippen molar-refractivity contribution in [3.63, 3.8) is 0 Å². The number of hydrogen-bond donors (Lipinski definition) is 1. The Hall–Kier alpha value is -3.36. The SMILES string of the molecule is CCCCNC(=O)[C@H](CC)N(Cc1ccccc1Cl)C(=O)CN(c1ccc(C(C)C)cc1)S(=O)(=O)c1ccc(C)cc1. The van der Waals surface area contributed by atoms with Gasteiger partial charge in [-0.1, -0.05) is 93.7 Å². The largest absolute Gasteiger partial charge is 0.354 e. The molecule has 0 saturated carbocycles. The van der Waals surface area contributed by atoms with Gasteiger partial charge in [-0.05, 0) is 67.1 Å². The topological polar surface area (TPSA) is 86.8 Å². The number of halogens is 1. The molecule has 0 bridgehead atoms. The zero-order chi connectivity index (χ0) is 30.9. The highest BCUT2D eigenvalue weighted by molar-refractivity contribution is 7.92. The molecule has 1 N–H and O–H groups in total. The van der Waals surface area contributed by atoms with Gasteiger partial charge in [-0.25, -0.2) is 8.42 Å². The first kappa shape index (κ1) is 33.1. The van der Waals surface area contributed by atoms with Crippen LogP contribution in [0.25, 0.3) is 0 Å². The molecule has 42 heavy (non-hydrogen) atoms. The third-order valence-corrected chi connectivity index (χ3v) is 9.41. The molecule has 226 valence electrons. The number of carbonyl (C=O) groups excluding carboxylic acids is 2. The minimum absolute atomic E-state index is 0.0585. The van der Waals surface area contributed by atoms with Crippen LogP contribution in [-0.2, 0) is 26.2 Å². The van der Waals surface area contributed by atoms with Crippen LogP contribution in [0, 0.1) is 6.92 Å². The zero-order valence-corrected chi connectivity index (χ0v) is 26.7. The van der Waals surface area contributed by atoms with Gasteiger partial charge in [0.25, 0.3) is 10.0 Å². The minimum Gasteiger partial charge on any atom is -0.354 e. The first-order valence-electron chi connectivity index (χ1n) is 14.5. The average Bonchev–Trinajstić information content (AvgIpc) is 2.97. The highest BCUT2D eigenvalue weighted by Crippen LogP contribution is 2.27. The molecule has 0 heterocycles. The van der Waals surface area contributed by atoms with Gasteiger partial charge in [0.15, 0.2) is 0 Å². The molecule has 0 aromatic heterocycles. The molecule has 3 rings (SSSR count). The first-order chi connectivity index (χ1) is 20.0. The lowest BCUT2D eigenvalue weighted by molar-refractivity contribution is -0.140. The highest BCUT2D eigenvalue weighted by Gasteiger charge is 2.34. The van der Waals surface area contributed by atoms with Gasteiger partial charge in [-0.15, -0.1) is 0 Å². The summed E-state index contributed by atoms with van der Waals surface area (Å²) in [6.07, 6.45) is 2.08. The van der Waals surface area contributed by atoms with Crippen molar-refractivity contribution in [1.82, 2.24) is 10.2 Å². The molecule has 3 aromatic carbocycles. The van der Waals surface area contributed by atoms with E-state index in [0.29, 0.717) is 29.2 Å². The van der Waals surface area contributed by atoms with Gasteiger partial charge in [0, 0.05) is 18.1 Å². The van der Waals surface area contributed by atoms with Gasteiger partial charge < -0.3 is 10.2 Å². The quantitative estimate of drug-likeness (QED) is 0.206. The van der Waals surface area contributed by atoms with Crippen molar-refractivity contribution in [3.8, 4) is 0 Å². The van der Waals surface area contributed by atoms with Crippen molar-refractivity contribution in [3.05, 3.63) is 94.5 Å². The van der Waals surface area contributed by atoms with Crippen molar-refractivity contribution in [1.29, 1.82) is 0 Å². The Balaban J connectivity index is 2.06. The number of rotatable bonds is 14. The fourth-order valence-electron chi connectivity index (χ4n) is 4.63. The van der Waals surface area contributed by atoms with Crippen LogP contribution >= 0.6 is 11.6 Å². The summed E-state index contributed by atoms with van der Waals surface area (Å²) in [5.74, 6) is -0.526. The second-order valence-corrected chi connectivity index (χ2v) is 13.0. The van der Waals surface area contributed by atoms with Gasteiger partial charge in [0.1, 0.15) is 12.6 Å². The normalized spacial score (nSPS) is 12.2. The monoisotopic (exact) mass is 611 g/mol. The van der Waals surface area contributed by atoms with Gasteiger partial charge in [0.05, 0.1) is 10.6 Å². The van der Waals surface area contributed by atoms with Crippen LogP contribution in [0.3, 0.4) is 0 Å². The summed E-state index contributed by atoms with van der Waals surface area (Å²) < 4.78 is 29.2. The Kier molecular flexibility index (Phi) is 12.0. The van der Waals surface area contributed by atoms with Crippen molar-refractivity contribution >= 4 is 39.1 Å². The first-order valence-corrected chi connectivity index (χ1v) is 16.3. The van der Waals surface area contributed by atoms with Gasteiger partial charge in [0.2, 0.25) is 11.8 Å². The number of unbranched alkanes of at least 4 members (excludes halogenated alkanes) is 1. The molecule has 9 heteroatoms. The Morgan fingerprint density at radius 3 is 2.14 bits per heavy atom. The van der Waals surface area contributed by atoms with E-state index < -0.39 is 28.5 Å². The number of anilines is 1. The van der Waals surface area contributed by atoms with Crippen LogP contribution < -0.4 is 9.62 Å². The number of nitrogens with one attached hydrogen (secondary N) is 1. The van der Waals surface area contributed by atoms with E-state index in [0.717, 1.165) is 28.3 Å². The van der Waals surface area contributed by atoms with Crippen LogP contribution in [0.15, 0.2) is 77.7 Å². The van der Waals surface area contributed by atoms with E-state index in [4.69, 9.17) is 11.6 Å². The van der Waals surface area contributed by atoms with Crippen LogP contribution in [0.2, 0.25) is 5.02 Å². The molecule has 0 aliphatic carbocycles. The van der Waals surface area contributed by atoms with E-state index in [1.165, 1.54) is 4.90 Å². The Morgan fingerprint density at radius 2 is 1.57 bits per heavy atom. The fourth-order valence-corrected chi connectivity index (χ4v) is 6.24. The number of amides is 2. The maximum Gasteiger partial charge on any atom is 0.264 e. The van der Waals surface area contributed by atoms with Crippen molar-refractivity contribution in [2.75, 3.05) is 17.4 Å². The second-order valence-electron chi connectivity index (χ2n) is 10.8. The van der Waals surface area contributed by atoms with Gasteiger partial charge in [-0.3, -0.25) is 13.9 Å². The summed E-state index contributed by atoms with van der Waals surface area (Å²) in [6, 6.07) is 20.1. The maximum atomic E-state index is 14.2. The number of nitrogens with zero attached hydrogens (tertiary/aromatic N) is 2. The van der Waals surface area contributed by atoms with Gasteiger partial charge >= 0.3 is 0 Å². The molecule has 7 nitrogen and oxygen atoms in total. The summed E-state index contributed by atoms with van der Waals surface area (Å²) >= 11 is 6.47. The van der Waals surface area contributed by atoms with Crippen molar-refractivity contribution in [2.45, 2.75) is 77.3 Å². The Morgan fingerprint density at radius 1 is 0.929 bits per heavy atom. The third kappa shape index (κ3) is 8.35.